The maximum absolute atomic E-state index is 5.13. The van der Waals surface area contributed by atoms with Crippen molar-refractivity contribution in [2.45, 2.75) is 6.92 Å². The second-order valence-electron chi connectivity index (χ2n) is 4.10. The van der Waals surface area contributed by atoms with Gasteiger partial charge in [-0.05, 0) is 19.1 Å². The molecule has 2 heterocycles. The molecule has 20 heavy (non-hydrogen) atoms. The third-order valence-electron chi connectivity index (χ3n) is 2.71. The van der Waals surface area contributed by atoms with Gasteiger partial charge in [0.05, 0.1) is 5.69 Å². The van der Waals surface area contributed by atoms with Crippen molar-refractivity contribution in [1.29, 1.82) is 0 Å². The molecule has 5 nitrogen and oxygen atoms in total. The monoisotopic (exact) mass is 303 g/mol. The van der Waals surface area contributed by atoms with Gasteiger partial charge in [0, 0.05) is 17.5 Å². The molecule has 0 saturated carbocycles. The van der Waals surface area contributed by atoms with Crippen LogP contribution < -0.4 is 10.6 Å². The number of aromatic nitrogens is 3. The number of nitrogens with one attached hydrogen (secondary N) is 2. The Kier molecular flexibility index (Phi) is 3.62. The van der Waals surface area contributed by atoms with Gasteiger partial charge in [0.15, 0.2) is 5.11 Å². The van der Waals surface area contributed by atoms with E-state index < -0.39 is 0 Å². The van der Waals surface area contributed by atoms with Crippen LogP contribution in [0.4, 0.5) is 5.95 Å². The molecule has 0 saturated heterocycles. The minimum Gasteiger partial charge on any atom is -0.363 e. The molecular weight excluding hydrogens is 290 g/mol. The summed E-state index contributed by atoms with van der Waals surface area (Å²) < 4.78 is 1.83. The van der Waals surface area contributed by atoms with E-state index in [-0.39, 0.29) is 0 Å². The number of fused-ring (bicyclic) bond motifs is 1. The SMILES string of the molecule is CCNC(=S)Nc1nc2scc(-c3ccccc3)n2n1. The standard InChI is InChI=1S/C13H13N5S2/c1-2-14-12(19)15-11-16-13-18(17-11)10(8-20-13)9-6-4-3-5-7-9/h3-8H,2H2,1H3,(H2,14,15,17,19). The van der Waals surface area contributed by atoms with Crippen LogP contribution in [0.25, 0.3) is 16.2 Å². The molecule has 7 heteroatoms. The van der Waals surface area contributed by atoms with Gasteiger partial charge in [0.1, 0.15) is 0 Å². The minimum atomic E-state index is 0.514. The molecule has 0 aliphatic rings. The zero-order chi connectivity index (χ0) is 13.9. The molecule has 0 aliphatic heterocycles. The van der Waals surface area contributed by atoms with E-state index in [1.165, 1.54) is 0 Å². The first-order valence-corrected chi connectivity index (χ1v) is 7.51. The van der Waals surface area contributed by atoms with E-state index in [2.05, 4.69) is 38.2 Å². The van der Waals surface area contributed by atoms with Crippen LogP contribution >= 0.6 is 23.6 Å². The summed E-state index contributed by atoms with van der Waals surface area (Å²) in [5, 5.41) is 13.0. The first kappa shape index (κ1) is 13.0. The zero-order valence-corrected chi connectivity index (χ0v) is 12.5. The molecule has 0 unspecified atom stereocenters. The average molecular weight is 303 g/mol. The van der Waals surface area contributed by atoms with Crippen molar-refractivity contribution in [3.05, 3.63) is 35.7 Å². The molecule has 2 aromatic heterocycles. The number of anilines is 1. The molecule has 0 fully saturated rings. The lowest BCUT2D eigenvalue weighted by Crippen LogP contribution is -2.28. The Bertz CT molecular complexity index is 732. The summed E-state index contributed by atoms with van der Waals surface area (Å²) in [4.78, 5) is 5.25. The molecule has 102 valence electrons. The highest BCUT2D eigenvalue weighted by atomic mass is 32.1. The molecule has 3 aromatic rings. The summed E-state index contributed by atoms with van der Waals surface area (Å²) in [6.07, 6.45) is 0. The van der Waals surface area contributed by atoms with Gasteiger partial charge in [-0.3, -0.25) is 5.32 Å². The molecule has 0 spiro atoms. The van der Waals surface area contributed by atoms with E-state index in [9.17, 15) is 0 Å². The van der Waals surface area contributed by atoms with Crippen molar-refractivity contribution in [2.24, 2.45) is 0 Å². The molecule has 1 aromatic carbocycles. The van der Waals surface area contributed by atoms with E-state index in [1.54, 1.807) is 11.3 Å². The fourth-order valence-corrected chi connectivity index (χ4v) is 2.91. The van der Waals surface area contributed by atoms with Crippen LogP contribution in [0.5, 0.6) is 0 Å². The lowest BCUT2D eigenvalue weighted by atomic mass is 10.2. The van der Waals surface area contributed by atoms with Gasteiger partial charge >= 0.3 is 0 Å². The normalized spacial score (nSPS) is 10.7. The van der Waals surface area contributed by atoms with Crippen LogP contribution in [0.3, 0.4) is 0 Å². The fraction of sp³-hybridized carbons (Fsp3) is 0.154. The Morgan fingerprint density at radius 2 is 2.15 bits per heavy atom. The van der Waals surface area contributed by atoms with E-state index >= 15 is 0 Å². The summed E-state index contributed by atoms with van der Waals surface area (Å²) in [5.41, 5.74) is 2.14. The largest absolute Gasteiger partial charge is 0.363 e. The molecule has 2 N–H and O–H groups in total. The number of nitrogens with zero attached hydrogens (tertiary/aromatic N) is 3. The van der Waals surface area contributed by atoms with Crippen molar-refractivity contribution in [3.8, 4) is 11.3 Å². The Balaban J connectivity index is 1.93. The van der Waals surface area contributed by atoms with Crippen LogP contribution in [0.2, 0.25) is 0 Å². The van der Waals surface area contributed by atoms with Crippen LogP contribution in [0.15, 0.2) is 35.7 Å². The number of benzene rings is 1. The predicted molar refractivity (Wildman–Crippen MR) is 86.2 cm³/mol. The first-order valence-electron chi connectivity index (χ1n) is 6.22. The topological polar surface area (TPSA) is 54.2 Å². The second-order valence-corrected chi connectivity index (χ2v) is 5.35. The molecular formula is C13H13N5S2. The highest BCUT2D eigenvalue weighted by Crippen LogP contribution is 2.25. The summed E-state index contributed by atoms with van der Waals surface area (Å²) in [5.74, 6) is 0.514. The van der Waals surface area contributed by atoms with Crippen molar-refractivity contribution >= 4 is 39.6 Å². The summed E-state index contributed by atoms with van der Waals surface area (Å²) in [6, 6.07) is 10.1. The van der Waals surface area contributed by atoms with Crippen molar-refractivity contribution in [3.63, 3.8) is 0 Å². The van der Waals surface area contributed by atoms with Crippen molar-refractivity contribution in [1.82, 2.24) is 19.9 Å². The van der Waals surface area contributed by atoms with E-state index in [4.69, 9.17) is 12.2 Å². The lowest BCUT2D eigenvalue weighted by molar-refractivity contribution is 0.965. The fourth-order valence-electron chi connectivity index (χ4n) is 1.85. The zero-order valence-electron chi connectivity index (χ0n) is 10.8. The van der Waals surface area contributed by atoms with E-state index in [0.29, 0.717) is 11.1 Å². The van der Waals surface area contributed by atoms with Gasteiger partial charge in [-0.2, -0.15) is 4.98 Å². The van der Waals surface area contributed by atoms with E-state index in [0.717, 1.165) is 22.8 Å². The molecule has 3 rings (SSSR count). The molecule has 0 amide bonds. The average Bonchev–Trinajstić information content (AvgIpc) is 2.99. The number of hydrogen-bond donors (Lipinski definition) is 2. The van der Waals surface area contributed by atoms with Gasteiger partial charge in [0.25, 0.3) is 0 Å². The maximum atomic E-state index is 5.13. The summed E-state index contributed by atoms with van der Waals surface area (Å²) >= 11 is 6.69. The van der Waals surface area contributed by atoms with Crippen LogP contribution in [0.1, 0.15) is 6.92 Å². The molecule has 0 aliphatic carbocycles. The Morgan fingerprint density at radius 1 is 1.35 bits per heavy atom. The Labute approximate surface area is 125 Å². The van der Waals surface area contributed by atoms with Gasteiger partial charge < -0.3 is 5.32 Å². The first-order chi connectivity index (χ1) is 9.78. The number of thiazole rings is 1. The van der Waals surface area contributed by atoms with Gasteiger partial charge in [-0.15, -0.1) is 16.4 Å². The Morgan fingerprint density at radius 3 is 2.90 bits per heavy atom. The van der Waals surface area contributed by atoms with Crippen LogP contribution in [-0.2, 0) is 0 Å². The van der Waals surface area contributed by atoms with Gasteiger partial charge in [-0.1, -0.05) is 30.3 Å². The quantitative estimate of drug-likeness (QED) is 0.729. The summed E-state index contributed by atoms with van der Waals surface area (Å²) in [7, 11) is 0. The number of hydrogen-bond acceptors (Lipinski definition) is 4. The van der Waals surface area contributed by atoms with Gasteiger partial charge in [-0.25, -0.2) is 4.52 Å². The van der Waals surface area contributed by atoms with Gasteiger partial charge in [0.2, 0.25) is 10.9 Å². The van der Waals surface area contributed by atoms with E-state index in [1.807, 2.05) is 29.6 Å². The Hall–Kier alpha value is -1.99. The van der Waals surface area contributed by atoms with Crippen LogP contribution in [-0.4, -0.2) is 26.3 Å². The maximum Gasteiger partial charge on any atom is 0.250 e. The third-order valence-corrected chi connectivity index (χ3v) is 3.78. The summed E-state index contributed by atoms with van der Waals surface area (Å²) in [6.45, 7) is 2.75. The number of rotatable bonds is 3. The third kappa shape index (κ3) is 2.50. The van der Waals surface area contributed by atoms with Crippen LogP contribution in [0, 0.1) is 0 Å². The molecule has 0 radical (unpaired) electrons. The highest BCUT2D eigenvalue weighted by molar-refractivity contribution is 7.80. The number of thiocarbonyl (C=S) groups is 1. The lowest BCUT2D eigenvalue weighted by Gasteiger charge is -2.03. The predicted octanol–water partition coefficient (Wildman–Crippen LogP) is 2.76. The molecule has 0 bridgehead atoms. The van der Waals surface area contributed by atoms with Crippen molar-refractivity contribution in [2.75, 3.05) is 11.9 Å². The minimum absolute atomic E-state index is 0.514. The second kappa shape index (κ2) is 5.56. The molecule has 0 atom stereocenters. The highest BCUT2D eigenvalue weighted by Gasteiger charge is 2.11. The van der Waals surface area contributed by atoms with Crippen molar-refractivity contribution < 1.29 is 0 Å². The smallest absolute Gasteiger partial charge is 0.250 e.